The third-order valence-electron chi connectivity index (χ3n) is 7.76. The zero-order chi connectivity index (χ0) is 25.8. The summed E-state index contributed by atoms with van der Waals surface area (Å²) in [6, 6.07) is 10.6. The van der Waals surface area contributed by atoms with Crippen molar-refractivity contribution >= 4 is 11.2 Å². The van der Waals surface area contributed by atoms with E-state index in [0.29, 0.717) is 12.5 Å². The van der Waals surface area contributed by atoms with Crippen molar-refractivity contribution in [2.24, 2.45) is 11.8 Å². The molecule has 3 aromatic rings. The number of aryl methyl sites for hydroxylation is 1. The van der Waals surface area contributed by atoms with Gasteiger partial charge < -0.3 is 23.8 Å². The predicted octanol–water partition coefficient (Wildman–Crippen LogP) is 5.41. The van der Waals surface area contributed by atoms with Crippen LogP contribution in [0.5, 0.6) is 11.5 Å². The van der Waals surface area contributed by atoms with Crippen molar-refractivity contribution in [1.29, 1.82) is 0 Å². The first kappa shape index (κ1) is 25.9. The van der Waals surface area contributed by atoms with Crippen LogP contribution in [0.1, 0.15) is 43.9 Å². The van der Waals surface area contributed by atoms with Crippen LogP contribution in [-0.4, -0.2) is 63.9 Å². The third kappa shape index (κ3) is 5.58. The molecule has 7 nitrogen and oxygen atoms in total. The Morgan fingerprint density at radius 1 is 0.973 bits per heavy atom. The van der Waals surface area contributed by atoms with Gasteiger partial charge in [0.05, 0.1) is 49.0 Å². The minimum Gasteiger partial charge on any atom is -0.496 e. The van der Waals surface area contributed by atoms with Crippen molar-refractivity contribution in [3.63, 3.8) is 0 Å². The zero-order valence-electron chi connectivity index (χ0n) is 22.8. The Morgan fingerprint density at radius 2 is 1.65 bits per heavy atom. The topological polar surface area (TPSA) is 57.5 Å². The van der Waals surface area contributed by atoms with Crippen LogP contribution >= 0.6 is 0 Å². The van der Waals surface area contributed by atoms with E-state index in [2.05, 4.69) is 46.7 Å². The molecule has 1 saturated carbocycles. The van der Waals surface area contributed by atoms with Gasteiger partial charge in [-0.1, -0.05) is 13.0 Å². The fourth-order valence-corrected chi connectivity index (χ4v) is 5.57. The molecular weight excluding hydrogens is 466 g/mol. The number of ether oxygens (including phenoxy) is 4. The van der Waals surface area contributed by atoms with E-state index < -0.39 is 0 Å². The number of fused-ring (bicyclic) bond motifs is 1. The molecule has 1 aliphatic carbocycles. The van der Waals surface area contributed by atoms with Gasteiger partial charge in [-0.3, -0.25) is 0 Å². The van der Waals surface area contributed by atoms with E-state index >= 15 is 0 Å². The fraction of sp³-hybridized carbons (Fsp3) is 0.567. The molecule has 0 unspecified atom stereocenters. The van der Waals surface area contributed by atoms with Crippen molar-refractivity contribution < 1.29 is 18.9 Å². The Balaban J connectivity index is 1.61. The van der Waals surface area contributed by atoms with Crippen LogP contribution in [0.4, 0.5) is 5.69 Å². The van der Waals surface area contributed by atoms with Crippen LogP contribution in [0, 0.1) is 11.8 Å². The highest BCUT2D eigenvalue weighted by atomic mass is 16.5. The van der Waals surface area contributed by atoms with Crippen molar-refractivity contribution in [3.8, 4) is 22.8 Å². The number of nitrogens with zero attached hydrogens (tertiary/aromatic N) is 3. The van der Waals surface area contributed by atoms with Gasteiger partial charge in [0.2, 0.25) is 0 Å². The fourth-order valence-electron chi connectivity index (χ4n) is 5.57. The molecule has 2 fully saturated rings. The molecule has 200 valence electrons. The number of methoxy groups -OCH3 is 3. The second-order valence-electron chi connectivity index (χ2n) is 10.4. The number of aromatic nitrogens is 2. The molecule has 7 heteroatoms. The summed E-state index contributed by atoms with van der Waals surface area (Å²) < 4.78 is 24.9. The molecule has 2 aromatic heterocycles. The molecule has 2 aliphatic rings. The van der Waals surface area contributed by atoms with Gasteiger partial charge in [0.25, 0.3) is 0 Å². The maximum absolute atomic E-state index is 5.90. The molecular formula is C30H41N3O4. The van der Waals surface area contributed by atoms with Gasteiger partial charge in [-0.25, -0.2) is 4.52 Å². The molecule has 0 N–H and O–H groups in total. The van der Waals surface area contributed by atoms with E-state index in [4.69, 9.17) is 24.0 Å². The molecule has 5 rings (SSSR count). The van der Waals surface area contributed by atoms with E-state index in [1.165, 1.54) is 18.5 Å². The monoisotopic (exact) mass is 507 g/mol. The molecule has 3 heterocycles. The number of hydrogen-bond acceptors (Lipinski definition) is 6. The predicted molar refractivity (Wildman–Crippen MR) is 147 cm³/mol. The van der Waals surface area contributed by atoms with Gasteiger partial charge in [-0.05, 0) is 80.2 Å². The maximum atomic E-state index is 5.90. The van der Waals surface area contributed by atoms with E-state index in [-0.39, 0.29) is 0 Å². The second-order valence-corrected chi connectivity index (χ2v) is 10.4. The summed E-state index contributed by atoms with van der Waals surface area (Å²) >= 11 is 0. The maximum Gasteiger partial charge on any atom is 0.132 e. The highest BCUT2D eigenvalue weighted by molar-refractivity contribution is 5.82. The van der Waals surface area contributed by atoms with Crippen LogP contribution in [-0.2, 0) is 22.3 Å². The summed E-state index contributed by atoms with van der Waals surface area (Å²) in [6.45, 7) is 6.78. The van der Waals surface area contributed by atoms with Gasteiger partial charge >= 0.3 is 0 Å². The first-order valence-electron chi connectivity index (χ1n) is 13.7. The van der Waals surface area contributed by atoms with E-state index in [0.717, 1.165) is 97.4 Å². The van der Waals surface area contributed by atoms with Crippen molar-refractivity contribution in [3.05, 3.63) is 41.6 Å². The van der Waals surface area contributed by atoms with E-state index in [1.54, 1.807) is 21.3 Å². The van der Waals surface area contributed by atoms with Crippen molar-refractivity contribution in [2.45, 2.75) is 45.4 Å². The molecule has 37 heavy (non-hydrogen) atoms. The Kier molecular flexibility index (Phi) is 8.20. The highest BCUT2D eigenvalue weighted by Crippen LogP contribution is 2.42. The van der Waals surface area contributed by atoms with Gasteiger partial charge in [0, 0.05) is 33.4 Å². The number of rotatable bonds is 12. The molecule has 0 radical (unpaired) electrons. The Bertz CT molecular complexity index is 1170. The lowest BCUT2D eigenvalue weighted by atomic mass is 9.99. The normalized spacial score (nSPS) is 16.3. The van der Waals surface area contributed by atoms with E-state index in [9.17, 15) is 0 Å². The van der Waals surface area contributed by atoms with Crippen LogP contribution in [0.15, 0.2) is 30.3 Å². The van der Waals surface area contributed by atoms with Gasteiger partial charge in [0.1, 0.15) is 11.5 Å². The summed E-state index contributed by atoms with van der Waals surface area (Å²) in [4.78, 5) is 2.64. The van der Waals surface area contributed by atoms with Crippen LogP contribution in [0.25, 0.3) is 16.8 Å². The number of anilines is 1. The summed E-state index contributed by atoms with van der Waals surface area (Å²) in [5.41, 5.74) is 6.60. The summed E-state index contributed by atoms with van der Waals surface area (Å²) in [5, 5.41) is 5.19. The quantitative estimate of drug-likeness (QED) is 0.327. The highest BCUT2D eigenvalue weighted by Gasteiger charge is 2.30. The largest absolute Gasteiger partial charge is 0.496 e. The molecule has 1 aromatic carbocycles. The molecule has 1 aliphatic heterocycles. The van der Waals surface area contributed by atoms with Gasteiger partial charge in [-0.15, -0.1) is 0 Å². The Hall–Kier alpha value is -2.77. The van der Waals surface area contributed by atoms with Crippen molar-refractivity contribution in [2.75, 3.05) is 59.1 Å². The first-order valence-corrected chi connectivity index (χ1v) is 13.7. The Labute approximate surface area is 220 Å². The summed E-state index contributed by atoms with van der Waals surface area (Å²) in [6.07, 6.45) is 6.62. The summed E-state index contributed by atoms with van der Waals surface area (Å²) in [5.74, 6) is 3.02. The van der Waals surface area contributed by atoms with Crippen LogP contribution < -0.4 is 14.4 Å². The molecule has 0 spiro atoms. The standard InChI is InChI=1S/C30H41N3O4/c1-5-24-30(32(19-21-9-10-21)20-22-12-15-37-16-13-22)26-8-6-7-25(33(26)31-24)29-27(35-3)17-23(11-14-34-2)18-28(29)36-4/h6-8,17-18,21-22H,5,9-16,19-20H2,1-4H3. The molecule has 0 atom stereocenters. The molecule has 0 bridgehead atoms. The number of benzene rings is 1. The lowest BCUT2D eigenvalue weighted by Gasteiger charge is -2.31. The number of pyridine rings is 1. The minimum absolute atomic E-state index is 0.646. The minimum atomic E-state index is 0.646. The van der Waals surface area contributed by atoms with Gasteiger partial charge in [-0.2, -0.15) is 5.10 Å². The van der Waals surface area contributed by atoms with Crippen LogP contribution in [0.2, 0.25) is 0 Å². The Morgan fingerprint density at radius 3 is 2.24 bits per heavy atom. The van der Waals surface area contributed by atoms with Gasteiger partial charge in [0.15, 0.2) is 0 Å². The molecule has 0 amide bonds. The van der Waals surface area contributed by atoms with E-state index in [1.807, 2.05) is 0 Å². The average Bonchev–Trinajstić information content (AvgIpc) is 3.67. The average molecular weight is 508 g/mol. The second kappa shape index (κ2) is 11.7. The molecule has 1 saturated heterocycles. The lowest BCUT2D eigenvalue weighted by molar-refractivity contribution is 0.0682. The SMILES string of the molecule is CCc1nn2c(-c3c(OC)cc(CCOC)cc3OC)cccc2c1N(CC1CCOCC1)CC1CC1. The third-order valence-corrected chi connectivity index (χ3v) is 7.76. The first-order chi connectivity index (χ1) is 18.2. The van der Waals surface area contributed by atoms with Crippen molar-refractivity contribution in [1.82, 2.24) is 9.61 Å². The van der Waals surface area contributed by atoms with Crippen LogP contribution in [0.3, 0.4) is 0 Å². The number of hydrogen-bond donors (Lipinski definition) is 0. The zero-order valence-corrected chi connectivity index (χ0v) is 22.8. The smallest absolute Gasteiger partial charge is 0.132 e. The lowest BCUT2D eigenvalue weighted by Crippen LogP contribution is -2.34. The summed E-state index contributed by atoms with van der Waals surface area (Å²) in [7, 11) is 5.16.